The molecule has 0 radical (unpaired) electrons. The lowest BCUT2D eigenvalue weighted by atomic mass is 9.98. The predicted octanol–water partition coefficient (Wildman–Crippen LogP) is 2.27. The van der Waals surface area contributed by atoms with E-state index in [1.54, 1.807) is 19.1 Å². The second-order valence-corrected chi connectivity index (χ2v) is 4.76. The molecule has 1 rings (SSSR count). The fourth-order valence-electron chi connectivity index (χ4n) is 1.70. The number of carbonyl (C=O) groups is 2. The number of nitrogens with two attached hydrogens (primary N) is 1. The number of hydrogen-bond acceptors (Lipinski definition) is 4. The first-order valence-corrected chi connectivity index (χ1v) is 6.51. The summed E-state index contributed by atoms with van der Waals surface area (Å²) < 4.78 is 4.77. The van der Waals surface area contributed by atoms with Gasteiger partial charge in [-0.3, -0.25) is 9.59 Å². The van der Waals surface area contributed by atoms with Crippen molar-refractivity contribution in [3.05, 3.63) is 35.4 Å². The molecule has 1 aromatic rings. The molecule has 0 fully saturated rings. The van der Waals surface area contributed by atoms with E-state index in [0.29, 0.717) is 11.5 Å². The van der Waals surface area contributed by atoms with E-state index in [9.17, 15) is 9.59 Å². The number of esters is 1. The zero-order valence-corrected chi connectivity index (χ0v) is 11.7. The monoisotopic (exact) mass is 263 g/mol. The van der Waals surface area contributed by atoms with E-state index in [0.717, 1.165) is 0 Å². The maximum absolute atomic E-state index is 12.0. The summed E-state index contributed by atoms with van der Waals surface area (Å²) in [6.07, 6.45) is -0.0279. The molecule has 104 valence electrons. The molecule has 1 atom stereocenters. The van der Waals surface area contributed by atoms with Gasteiger partial charge in [0.25, 0.3) is 0 Å². The van der Waals surface area contributed by atoms with Gasteiger partial charge in [-0.15, -0.1) is 0 Å². The maximum Gasteiger partial charge on any atom is 0.323 e. The molecule has 0 heterocycles. The normalized spacial score (nSPS) is 12.3. The Morgan fingerprint density at radius 2 is 1.79 bits per heavy atom. The molecule has 0 spiro atoms. The summed E-state index contributed by atoms with van der Waals surface area (Å²) in [5.74, 6) is -0.253. The molecule has 0 amide bonds. The van der Waals surface area contributed by atoms with Gasteiger partial charge in [-0.1, -0.05) is 38.1 Å². The lowest BCUT2D eigenvalue weighted by molar-refractivity contribution is -0.144. The van der Waals surface area contributed by atoms with Crippen LogP contribution >= 0.6 is 0 Å². The van der Waals surface area contributed by atoms with E-state index in [2.05, 4.69) is 13.8 Å². The second-order valence-electron chi connectivity index (χ2n) is 4.76. The van der Waals surface area contributed by atoms with Crippen LogP contribution in [0.2, 0.25) is 0 Å². The summed E-state index contributed by atoms with van der Waals surface area (Å²) in [4.78, 5) is 23.3. The summed E-state index contributed by atoms with van der Waals surface area (Å²) in [7, 11) is 0. The summed E-state index contributed by atoms with van der Waals surface area (Å²) in [5.41, 5.74) is 7.37. The third-order valence-electron chi connectivity index (χ3n) is 2.89. The molecule has 0 aromatic heterocycles. The highest BCUT2D eigenvalue weighted by Gasteiger charge is 2.19. The molecule has 0 saturated heterocycles. The Labute approximate surface area is 113 Å². The lowest BCUT2D eigenvalue weighted by Crippen LogP contribution is -2.34. The lowest BCUT2D eigenvalue weighted by Gasteiger charge is -2.10. The van der Waals surface area contributed by atoms with E-state index < -0.39 is 12.0 Å². The minimum Gasteiger partial charge on any atom is -0.465 e. The van der Waals surface area contributed by atoms with E-state index in [-0.39, 0.29) is 18.8 Å². The molecule has 0 saturated carbocycles. The van der Waals surface area contributed by atoms with Crippen molar-refractivity contribution in [3.8, 4) is 0 Å². The molecule has 0 aliphatic heterocycles. The molecule has 4 heteroatoms. The van der Waals surface area contributed by atoms with Gasteiger partial charge in [-0.2, -0.15) is 0 Å². The van der Waals surface area contributed by atoms with Gasteiger partial charge in [0.2, 0.25) is 0 Å². The number of benzene rings is 1. The Bertz CT molecular complexity index is 437. The number of carbonyl (C=O) groups excluding carboxylic acids is 2. The van der Waals surface area contributed by atoms with Crippen LogP contribution in [0.4, 0.5) is 0 Å². The Morgan fingerprint density at radius 3 is 2.26 bits per heavy atom. The average Bonchev–Trinajstić information content (AvgIpc) is 2.38. The Hall–Kier alpha value is -1.68. The van der Waals surface area contributed by atoms with E-state index >= 15 is 0 Å². The quantitative estimate of drug-likeness (QED) is 0.631. The van der Waals surface area contributed by atoms with Crippen LogP contribution in [0.5, 0.6) is 0 Å². The number of Topliss-reactive ketones (excluding diaryl/α,β-unsaturated/α-hetero) is 1. The minimum absolute atomic E-state index is 0.0279. The van der Waals surface area contributed by atoms with E-state index in [1.807, 2.05) is 12.1 Å². The van der Waals surface area contributed by atoms with Crippen molar-refractivity contribution >= 4 is 11.8 Å². The molecular weight excluding hydrogens is 242 g/mol. The van der Waals surface area contributed by atoms with Gasteiger partial charge in [0.1, 0.15) is 6.04 Å². The number of rotatable bonds is 6. The number of ether oxygens (including phenoxy) is 1. The van der Waals surface area contributed by atoms with Gasteiger partial charge in [0.15, 0.2) is 5.78 Å². The number of hydrogen-bond donors (Lipinski definition) is 1. The summed E-state index contributed by atoms with van der Waals surface area (Å²) in [6, 6.07) is 6.50. The van der Waals surface area contributed by atoms with Crippen LogP contribution in [0.3, 0.4) is 0 Å². The Morgan fingerprint density at radius 1 is 1.21 bits per heavy atom. The van der Waals surface area contributed by atoms with Crippen molar-refractivity contribution in [3.63, 3.8) is 0 Å². The third kappa shape index (κ3) is 4.48. The van der Waals surface area contributed by atoms with Crippen LogP contribution in [0.1, 0.15) is 49.0 Å². The van der Waals surface area contributed by atoms with Crippen molar-refractivity contribution in [2.75, 3.05) is 6.61 Å². The van der Waals surface area contributed by atoms with Gasteiger partial charge >= 0.3 is 5.97 Å². The first-order valence-electron chi connectivity index (χ1n) is 6.51. The SMILES string of the molecule is CCOC(=O)C(N)CC(=O)c1ccc(C(C)C)cc1. The van der Waals surface area contributed by atoms with Gasteiger partial charge in [0, 0.05) is 12.0 Å². The van der Waals surface area contributed by atoms with Gasteiger partial charge < -0.3 is 10.5 Å². The van der Waals surface area contributed by atoms with Crippen molar-refractivity contribution in [2.24, 2.45) is 5.73 Å². The smallest absolute Gasteiger partial charge is 0.323 e. The van der Waals surface area contributed by atoms with Crippen molar-refractivity contribution < 1.29 is 14.3 Å². The first kappa shape index (κ1) is 15.4. The predicted molar refractivity (Wildman–Crippen MR) is 74.1 cm³/mol. The summed E-state index contributed by atoms with van der Waals surface area (Å²) in [5, 5.41) is 0. The molecular formula is C15H21NO3. The topological polar surface area (TPSA) is 69.4 Å². The molecule has 1 unspecified atom stereocenters. The molecule has 0 bridgehead atoms. The molecule has 2 N–H and O–H groups in total. The second kappa shape index (κ2) is 7.04. The Balaban J connectivity index is 2.65. The molecule has 4 nitrogen and oxygen atoms in total. The summed E-state index contributed by atoms with van der Waals surface area (Å²) >= 11 is 0. The molecule has 0 aliphatic carbocycles. The zero-order chi connectivity index (χ0) is 14.4. The summed E-state index contributed by atoms with van der Waals surface area (Å²) in [6.45, 7) is 6.15. The zero-order valence-electron chi connectivity index (χ0n) is 11.7. The maximum atomic E-state index is 12.0. The molecule has 0 aliphatic rings. The van der Waals surface area contributed by atoms with Crippen LogP contribution in [-0.4, -0.2) is 24.4 Å². The fraction of sp³-hybridized carbons (Fsp3) is 0.467. The Kier molecular flexibility index (Phi) is 5.70. The first-order chi connectivity index (χ1) is 8.95. The van der Waals surface area contributed by atoms with Crippen molar-refractivity contribution in [1.82, 2.24) is 0 Å². The van der Waals surface area contributed by atoms with Crippen molar-refractivity contribution in [2.45, 2.75) is 39.2 Å². The third-order valence-corrected chi connectivity index (χ3v) is 2.89. The standard InChI is InChI=1S/C15H21NO3/c1-4-19-15(18)13(16)9-14(17)12-7-5-11(6-8-12)10(2)3/h5-8,10,13H,4,9,16H2,1-3H3. The highest BCUT2D eigenvalue weighted by atomic mass is 16.5. The highest BCUT2D eigenvalue weighted by Crippen LogP contribution is 2.15. The van der Waals surface area contributed by atoms with Crippen LogP contribution in [0.25, 0.3) is 0 Å². The van der Waals surface area contributed by atoms with E-state index in [4.69, 9.17) is 10.5 Å². The minimum atomic E-state index is -0.891. The van der Waals surface area contributed by atoms with Gasteiger partial charge in [-0.05, 0) is 18.4 Å². The van der Waals surface area contributed by atoms with Gasteiger partial charge in [-0.25, -0.2) is 0 Å². The van der Waals surface area contributed by atoms with Crippen molar-refractivity contribution in [1.29, 1.82) is 0 Å². The van der Waals surface area contributed by atoms with Crippen LogP contribution in [0, 0.1) is 0 Å². The van der Waals surface area contributed by atoms with Gasteiger partial charge in [0.05, 0.1) is 6.61 Å². The average molecular weight is 263 g/mol. The van der Waals surface area contributed by atoms with Crippen LogP contribution in [-0.2, 0) is 9.53 Å². The fourth-order valence-corrected chi connectivity index (χ4v) is 1.70. The largest absolute Gasteiger partial charge is 0.465 e. The van der Waals surface area contributed by atoms with E-state index in [1.165, 1.54) is 5.56 Å². The molecule has 19 heavy (non-hydrogen) atoms. The van der Waals surface area contributed by atoms with Crippen LogP contribution in [0.15, 0.2) is 24.3 Å². The molecule has 1 aromatic carbocycles. The van der Waals surface area contributed by atoms with Crippen LogP contribution < -0.4 is 5.73 Å². The number of ketones is 1. The highest BCUT2D eigenvalue weighted by molar-refractivity contribution is 5.98.